The first-order valence-corrected chi connectivity index (χ1v) is 19.7. The lowest BCUT2D eigenvalue weighted by Gasteiger charge is -2.42. The monoisotopic (exact) mass is 831 g/mol. The number of hydrogen-bond donors (Lipinski definition) is 5. The van der Waals surface area contributed by atoms with Crippen LogP contribution in [0.2, 0.25) is 0 Å². The molecule has 1 aromatic heterocycles. The van der Waals surface area contributed by atoms with Crippen molar-refractivity contribution in [3.05, 3.63) is 112 Å². The normalized spacial score (nSPS) is 24.5. The standard InChI is InChI=1S/C43H41N7O11/c44-30-17-21(9-12-46-30)10-15-58-39-36(55)35(54)29-19-57-14-11-22(23-5-3-4-8-28(23)50-20-47-32-40(50)48-43(45)49-41(32)56)26-18-27-31(34(53)25-7-2-1-6-24(25)33(27)52)38(59-16-13-51)37(26)61-42(39)60-29/h1-9,12,17-18,22,29,35-36,39,42,51,54-55H,10-11,13-16,19-20H2,(H2,44,46)(H2,45,49,56)/t22-,29-,35-,36+,39-,42+/m0/s1. The number of para-hydroxylation sites is 1. The molecule has 3 aromatic carbocycles. The van der Waals surface area contributed by atoms with Gasteiger partial charge in [-0.05, 0) is 48.2 Å². The summed E-state index contributed by atoms with van der Waals surface area (Å²) in [6.45, 7) is -0.780. The van der Waals surface area contributed by atoms with Crippen molar-refractivity contribution in [2.45, 2.75) is 49.5 Å². The largest absolute Gasteiger partial charge is 0.486 e. The van der Waals surface area contributed by atoms with Gasteiger partial charge in [-0.15, -0.1) is 0 Å². The lowest BCUT2D eigenvalue weighted by atomic mass is 9.79. The number of aliphatic hydroxyl groups excluding tert-OH is 3. The molecule has 5 aliphatic rings. The number of carbonyl (C=O) groups excluding carboxylic acids is 3. The van der Waals surface area contributed by atoms with Gasteiger partial charge in [0, 0.05) is 46.7 Å². The Morgan fingerprint density at radius 1 is 0.885 bits per heavy atom. The van der Waals surface area contributed by atoms with Crippen LogP contribution in [0.5, 0.6) is 11.5 Å². The zero-order chi connectivity index (χ0) is 42.4. The predicted octanol–water partition coefficient (Wildman–Crippen LogP) is 1.29. The van der Waals surface area contributed by atoms with Crippen molar-refractivity contribution >= 4 is 46.5 Å². The van der Waals surface area contributed by atoms with Crippen LogP contribution >= 0.6 is 0 Å². The van der Waals surface area contributed by atoms with E-state index in [-0.39, 0.29) is 90.8 Å². The maximum absolute atomic E-state index is 14.5. The van der Waals surface area contributed by atoms with Crippen molar-refractivity contribution in [2.75, 3.05) is 50.3 Å². The summed E-state index contributed by atoms with van der Waals surface area (Å²) in [6, 6.07) is 18.8. The Morgan fingerprint density at radius 3 is 2.48 bits per heavy atom. The number of aliphatic imine (C=N–C) groups is 3. The minimum Gasteiger partial charge on any atom is -0.486 e. The number of pyridine rings is 1. The number of aromatic nitrogens is 1. The number of nitrogens with two attached hydrogens (primary N) is 2. The van der Waals surface area contributed by atoms with Crippen molar-refractivity contribution in [2.24, 2.45) is 20.7 Å². The number of rotatable bonds is 9. The topological polar surface area (TPSA) is 263 Å². The van der Waals surface area contributed by atoms with Crippen molar-refractivity contribution < 1.29 is 53.4 Å². The molecule has 0 radical (unpaired) electrons. The van der Waals surface area contributed by atoms with E-state index in [0.717, 1.165) is 5.56 Å². The summed E-state index contributed by atoms with van der Waals surface area (Å²) in [5.74, 6) is -2.14. The number of aliphatic hydroxyl groups is 3. The van der Waals surface area contributed by atoms with E-state index in [2.05, 4.69) is 20.0 Å². The van der Waals surface area contributed by atoms with Gasteiger partial charge >= 0.3 is 5.91 Å². The second kappa shape index (κ2) is 16.6. The van der Waals surface area contributed by atoms with Crippen LogP contribution in [0.1, 0.15) is 60.9 Å². The number of ketones is 2. The molecule has 6 atom stereocenters. The summed E-state index contributed by atoms with van der Waals surface area (Å²) in [5, 5.41) is 33.1. The predicted molar refractivity (Wildman–Crippen MR) is 218 cm³/mol. The number of guanidine groups is 1. The lowest BCUT2D eigenvalue weighted by Crippen LogP contribution is -2.61. The van der Waals surface area contributed by atoms with E-state index in [0.29, 0.717) is 29.1 Å². The highest BCUT2D eigenvalue weighted by Gasteiger charge is 2.48. The molecule has 5 heterocycles. The zero-order valence-corrected chi connectivity index (χ0v) is 32.5. The number of amides is 1. The lowest BCUT2D eigenvalue weighted by molar-refractivity contribution is -0.289. The van der Waals surface area contributed by atoms with Gasteiger partial charge in [0.05, 0.1) is 25.4 Å². The van der Waals surface area contributed by atoms with Gasteiger partial charge in [-0.3, -0.25) is 19.4 Å². The van der Waals surface area contributed by atoms with E-state index in [9.17, 15) is 29.7 Å². The number of nitrogen functional groups attached to an aromatic ring is 1. The van der Waals surface area contributed by atoms with Crippen LogP contribution in [-0.2, 0) is 25.4 Å². The number of benzene rings is 3. The van der Waals surface area contributed by atoms with E-state index >= 15 is 0 Å². The average molecular weight is 832 g/mol. The van der Waals surface area contributed by atoms with E-state index in [1.807, 2.05) is 24.3 Å². The SMILES string of the molecule is NC1=NC(=O)C2=NCN(c3ccccc3[C@@H]3CCOC[C@@H]4O[C@H](Oc5c3cc3c(c5OCCO)C(=O)c5ccccc5C3=O)[C@@H](OCCc3ccnc(N)c3)[C@H](O)[C@H]4O)C2=N1. The highest BCUT2D eigenvalue weighted by Crippen LogP contribution is 2.49. The molecule has 0 unspecified atom stereocenters. The zero-order valence-electron chi connectivity index (χ0n) is 32.5. The Morgan fingerprint density at radius 2 is 1.67 bits per heavy atom. The average Bonchev–Trinajstić information content (AvgIpc) is 3.67. The van der Waals surface area contributed by atoms with Crippen molar-refractivity contribution in [1.29, 1.82) is 0 Å². The van der Waals surface area contributed by atoms with Crippen LogP contribution in [0.3, 0.4) is 0 Å². The van der Waals surface area contributed by atoms with Gasteiger partial charge in [0.2, 0.25) is 12.2 Å². The third kappa shape index (κ3) is 7.32. The molecule has 0 saturated carbocycles. The van der Waals surface area contributed by atoms with E-state index in [4.69, 9.17) is 35.2 Å². The quantitative estimate of drug-likeness (QED) is 0.140. The van der Waals surface area contributed by atoms with Crippen molar-refractivity contribution in [3.63, 3.8) is 0 Å². The molecule has 18 nitrogen and oxygen atoms in total. The minimum absolute atomic E-state index is 0.0175. The van der Waals surface area contributed by atoms with Gasteiger partial charge in [-0.1, -0.05) is 42.5 Å². The molecule has 0 spiro atoms. The molecule has 4 aromatic rings. The summed E-state index contributed by atoms with van der Waals surface area (Å²) >= 11 is 0. The number of nitrogens with zero attached hydrogens (tertiary/aromatic N) is 5. The van der Waals surface area contributed by atoms with Gasteiger partial charge in [-0.25, -0.2) is 4.98 Å². The molecule has 1 fully saturated rings. The van der Waals surface area contributed by atoms with Gasteiger partial charge in [0.15, 0.2) is 34.6 Å². The van der Waals surface area contributed by atoms with Crippen LogP contribution in [0.25, 0.3) is 0 Å². The smallest absolute Gasteiger partial charge is 0.302 e. The summed E-state index contributed by atoms with van der Waals surface area (Å²) < 4.78 is 31.9. The molecule has 1 saturated heterocycles. The summed E-state index contributed by atoms with van der Waals surface area (Å²) in [7, 11) is 0. The number of anilines is 2. The highest BCUT2D eigenvalue weighted by molar-refractivity contribution is 6.72. The van der Waals surface area contributed by atoms with E-state index in [1.54, 1.807) is 53.6 Å². The molecular formula is C43H41N7O11. The molecule has 9 rings (SSSR count). The second-order valence-corrected chi connectivity index (χ2v) is 14.9. The third-order valence-electron chi connectivity index (χ3n) is 11.2. The summed E-state index contributed by atoms with van der Waals surface area (Å²) in [6.07, 6.45) is -4.69. The Kier molecular flexibility index (Phi) is 10.9. The van der Waals surface area contributed by atoms with E-state index in [1.165, 1.54) is 0 Å². The second-order valence-electron chi connectivity index (χ2n) is 14.9. The number of fused-ring (bicyclic) bond motifs is 6. The molecule has 2 bridgehead atoms. The Labute approximate surface area is 348 Å². The Balaban J connectivity index is 1.22. The molecule has 4 aliphatic heterocycles. The first-order chi connectivity index (χ1) is 29.6. The van der Waals surface area contributed by atoms with Gasteiger partial charge in [0.1, 0.15) is 43.5 Å². The van der Waals surface area contributed by atoms with Crippen molar-refractivity contribution in [1.82, 2.24) is 4.98 Å². The van der Waals surface area contributed by atoms with Gasteiger partial charge < -0.3 is 55.4 Å². The van der Waals surface area contributed by atoms with Gasteiger partial charge in [-0.2, -0.15) is 9.98 Å². The van der Waals surface area contributed by atoms with Crippen LogP contribution in [-0.4, -0.2) is 126 Å². The first kappa shape index (κ1) is 40.0. The fraction of sp³-hybridized carbons (Fsp3) is 0.326. The number of hydrogen-bond acceptors (Lipinski definition) is 17. The maximum Gasteiger partial charge on any atom is 0.302 e. The number of ether oxygens (including phenoxy) is 5. The summed E-state index contributed by atoms with van der Waals surface area (Å²) in [5.41, 5.74) is 14.6. The molecule has 7 N–H and O–H groups in total. The summed E-state index contributed by atoms with van der Waals surface area (Å²) in [4.78, 5) is 60.1. The first-order valence-electron chi connectivity index (χ1n) is 19.7. The molecule has 18 heteroatoms. The van der Waals surface area contributed by atoms with Gasteiger partial charge in [0.25, 0.3) is 0 Å². The maximum atomic E-state index is 14.5. The molecule has 314 valence electrons. The van der Waals surface area contributed by atoms with Crippen LogP contribution in [0.4, 0.5) is 11.5 Å². The highest BCUT2D eigenvalue weighted by atomic mass is 16.7. The number of carbonyl (C=O) groups is 3. The Hall–Kier alpha value is -6.41. The fourth-order valence-electron chi connectivity index (χ4n) is 8.36. The molecular weight excluding hydrogens is 791 g/mol. The molecule has 1 aliphatic carbocycles. The fourth-order valence-corrected chi connectivity index (χ4v) is 8.36. The Bertz CT molecular complexity index is 2530. The molecule has 61 heavy (non-hydrogen) atoms. The minimum atomic E-state index is -1.54. The third-order valence-corrected chi connectivity index (χ3v) is 11.2. The van der Waals surface area contributed by atoms with Crippen molar-refractivity contribution in [3.8, 4) is 11.5 Å². The number of amidine groups is 1. The van der Waals surface area contributed by atoms with Crippen LogP contribution in [0.15, 0.2) is 87.9 Å². The van der Waals surface area contributed by atoms with Crippen LogP contribution in [0, 0.1) is 0 Å². The van der Waals surface area contributed by atoms with E-state index < -0.39 is 60.7 Å². The molecule has 1 amide bonds. The van der Waals surface area contributed by atoms with Crippen LogP contribution < -0.4 is 25.8 Å².